The van der Waals surface area contributed by atoms with E-state index < -0.39 is 11.9 Å². The number of amides is 1. The largest absolute Gasteiger partial charge is 0.433 e. The molecule has 37 heavy (non-hydrogen) atoms. The zero-order valence-corrected chi connectivity index (χ0v) is 20.6. The van der Waals surface area contributed by atoms with Crippen molar-refractivity contribution in [3.63, 3.8) is 0 Å². The third-order valence-electron chi connectivity index (χ3n) is 6.44. The van der Waals surface area contributed by atoms with Crippen molar-refractivity contribution in [2.24, 2.45) is 7.05 Å². The molecule has 3 aromatic heterocycles. The fourth-order valence-corrected chi connectivity index (χ4v) is 4.94. The number of pyridine rings is 2. The molecule has 11 heteroatoms. The van der Waals surface area contributed by atoms with Crippen molar-refractivity contribution in [2.75, 3.05) is 5.32 Å². The van der Waals surface area contributed by atoms with E-state index in [0.717, 1.165) is 30.9 Å². The van der Waals surface area contributed by atoms with Crippen LogP contribution in [0, 0.1) is 0 Å². The lowest BCUT2D eigenvalue weighted by molar-refractivity contribution is -0.140. The van der Waals surface area contributed by atoms with Crippen LogP contribution >= 0.6 is 11.6 Å². The fourth-order valence-electron chi connectivity index (χ4n) is 4.77. The molecule has 1 aliphatic carbocycles. The number of anilines is 1. The summed E-state index contributed by atoms with van der Waals surface area (Å²) in [4.78, 5) is 21.1. The molecule has 2 atom stereocenters. The van der Waals surface area contributed by atoms with E-state index in [-0.39, 0.29) is 23.5 Å². The third kappa shape index (κ3) is 5.53. The first-order chi connectivity index (χ1) is 17.7. The van der Waals surface area contributed by atoms with Crippen LogP contribution in [0.3, 0.4) is 0 Å². The number of halogens is 4. The summed E-state index contributed by atoms with van der Waals surface area (Å²) in [5.74, 6) is -0.252. The van der Waals surface area contributed by atoms with Gasteiger partial charge >= 0.3 is 6.18 Å². The molecule has 3 heterocycles. The number of aromatic nitrogens is 4. The summed E-state index contributed by atoms with van der Waals surface area (Å²) in [6.45, 7) is 0. The number of benzene rings is 1. The number of hydrogen-bond donors (Lipinski definition) is 2. The molecule has 7 nitrogen and oxygen atoms in total. The summed E-state index contributed by atoms with van der Waals surface area (Å²) in [5.41, 5.74) is 1.28. The van der Waals surface area contributed by atoms with Gasteiger partial charge in [-0.25, -0.2) is 4.98 Å². The molecule has 1 amide bonds. The molecule has 0 aliphatic heterocycles. The highest BCUT2D eigenvalue weighted by Gasteiger charge is 2.34. The normalized spacial score (nSPS) is 18.1. The van der Waals surface area contributed by atoms with Gasteiger partial charge in [0.1, 0.15) is 11.4 Å². The molecular formula is C26H24ClF3N6O. The zero-order chi connectivity index (χ0) is 26.2. The topological polar surface area (TPSA) is 84.7 Å². The first-order valence-corrected chi connectivity index (χ1v) is 12.2. The molecule has 0 saturated heterocycles. The van der Waals surface area contributed by atoms with E-state index in [9.17, 15) is 18.0 Å². The predicted octanol–water partition coefficient (Wildman–Crippen LogP) is 5.86. The zero-order valence-electron chi connectivity index (χ0n) is 19.9. The van der Waals surface area contributed by atoms with Gasteiger partial charge < -0.3 is 10.6 Å². The molecule has 192 valence electrons. The van der Waals surface area contributed by atoms with Gasteiger partial charge in [-0.1, -0.05) is 11.6 Å². The lowest BCUT2D eigenvalue weighted by Crippen LogP contribution is -2.42. The van der Waals surface area contributed by atoms with Gasteiger partial charge in [-0.05, 0) is 62.1 Å². The lowest BCUT2D eigenvalue weighted by atomic mass is 9.90. The Morgan fingerprint density at radius 2 is 1.97 bits per heavy atom. The van der Waals surface area contributed by atoms with E-state index in [4.69, 9.17) is 11.6 Å². The van der Waals surface area contributed by atoms with E-state index in [0.29, 0.717) is 33.8 Å². The van der Waals surface area contributed by atoms with Crippen LogP contribution in [0.4, 0.5) is 18.9 Å². The first kappa shape index (κ1) is 25.0. The molecule has 1 saturated carbocycles. The molecule has 4 aromatic rings. The predicted molar refractivity (Wildman–Crippen MR) is 135 cm³/mol. The van der Waals surface area contributed by atoms with Crippen molar-refractivity contribution in [1.29, 1.82) is 0 Å². The molecular weight excluding hydrogens is 505 g/mol. The minimum atomic E-state index is -4.58. The van der Waals surface area contributed by atoms with Crippen LogP contribution in [0.15, 0.2) is 55.0 Å². The molecule has 0 radical (unpaired) electrons. The number of aryl methyl sites for hydroxylation is 1. The van der Waals surface area contributed by atoms with Crippen LogP contribution in [0.1, 0.15) is 41.7 Å². The highest BCUT2D eigenvalue weighted by atomic mass is 35.5. The van der Waals surface area contributed by atoms with Gasteiger partial charge in [0.05, 0.1) is 11.1 Å². The van der Waals surface area contributed by atoms with E-state index >= 15 is 0 Å². The van der Waals surface area contributed by atoms with E-state index in [1.54, 1.807) is 42.5 Å². The number of rotatable bonds is 5. The number of nitrogens with one attached hydrogen (secondary N) is 2. The monoisotopic (exact) mass is 528 g/mol. The Labute approximate surface area is 216 Å². The van der Waals surface area contributed by atoms with Crippen LogP contribution in [0.2, 0.25) is 5.02 Å². The molecule has 0 spiro atoms. The molecule has 1 aliphatic rings. The van der Waals surface area contributed by atoms with Crippen LogP contribution in [0.5, 0.6) is 0 Å². The Kier molecular flexibility index (Phi) is 6.76. The average molecular weight is 529 g/mol. The van der Waals surface area contributed by atoms with Gasteiger partial charge in [0.15, 0.2) is 0 Å². The number of alkyl halides is 3. The van der Waals surface area contributed by atoms with Crippen LogP contribution in [-0.4, -0.2) is 37.7 Å². The Bertz CT molecular complexity index is 1440. The fraction of sp³-hybridized carbons (Fsp3) is 0.308. The summed E-state index contributed by atoms with van der Waals surface area (Å²) in [6.07, 6.45) is 3.28. The standard InChI is InChI=1S/C26H24ClF3N6O/c1-36-14-20(24(35-36)15-4-3-9-31-13-15)25(37)33-18-6-2-5-17(11-18)32-22-12-23(26(28,29)30)34-21-8-7-16(27)10-19(21)22/h3-4,7-10,12-14,17-18H,2,5-6,11H2,1H3,(H,32,34)(H,33,37)/t17-,18+/m0/s1. The maximum atomic E-state index is 13.5. The minimum absolute atomic E-state index is 0.142. The van der Waals surface area contributed by atoms with Gasteiger partial charge in [0.2, 0.25) is 0 Å². The van der Waals surface area contributed by atoms with Gasteiger partial charge in [-0.2, -0.15) is 18.3 Å². The van der Waals surface area contributed by atoms with Gasteiger partial charge in [0, 0.05) is 59.4 Å². The van der Waals surface area contributed by atoms with Crippen molar-refractivity contribution < 1.29 is 18.0 Å². The van der Waals surface area contributed by atoms with Crippen molar-refractivity contribution in [3.8, 4) is 11.3 Å². The second-order valence-electron chi connectivity index (χ2n) is 9.20. The van der Waals surface area contributed by atoms with E-state index in [2.05, 4.69) is 25.7 Å². The van der Waals surface area contributed by atoms with Crippen molar-refractivity contribution in [3.05, 3.63) is 71.3 Å². The molecule has 5 rings (SSSR count). The smallest absolute Gasteiger partial charge is 0.382 e. The van der Waals surface area contributed by atoms with Crippen molar-refractivity contribution in [2.45, 2.75) is 43.9 Å². The number of carbonyl (C=O) groups is 1. The first-order valence-electron chi connectivity index (χ1n) is 11.9. The Hall–Kier alpha value is -3.66. The maximum absolute atomic E-state index is 13.5. The molecule has 0 unspecified atom stereocenters. The summed E-state index contributed by atoms with van der Waals surface area (Å²) in [7, 11) is 1.75. The van der Waals surface area contributed by atoms with E-state index in [1.807, 2.05) is 6.07 Å². The van der Waals surface area contributed by atoms with Crippen molar-refractivity contribution in [1.82, 2.24) is 25.1 Å². The summed E-state index contributed by atoms with van der Waals surface area (Å²) in [6, 6.07) is 8.96. The summed E-state index contributed by atoms with van der Waals surface area (Å²) < 4.78 is 42.1. The summed E-state index contributed by atoms with van der Waals surface area (Å²) >= 11 is 6.12. The van der Waals surface area contributed by atoms with Gasteiger partial charge in [-0.15, -0.1) is 0 Å². The number of carbonyl (C=O) groups excluding carboxylic acids is 1. The second-order valence-corrected chi connectivity index (χ2v) is 9.64. The third-order valence-corrected chi connectivity index (χ3v) is 6.67. The Morgan fingerprint density at radius 1 is 1.16 bits per heavy atom. The van der Waals surface area contributed by atoms with Gasteiger partial charge in [-0.3, -0.25) is 14.5 Å². The molecule has 1 aromatic carbocycles. The molecule has 0 bridgehead atoms. The quantitative estimate of drug-likeness (QED) is 0.339. The number of fused-ring (bicyclic) bond motifs is 1. The maximum Gasteiger partial charge on any atom is 0.433 e. The number of nitrogens with zero attached hydrogens (tertiary/aromatic N) is 4. The van der Waals surface area contributed by atoms with Gasteiger partial charge in [0.25, 0.3) is 5.91 Å². The minimum Gasteiger partial charge on any atom is -0.382 e. The van der Waals surface area contributed by atoms with Crippen molar-refractivity contribution >= 4 is 34.1 Å². The summed E-state index contributed by atoms with van der Waals surface area (Å²) in [5, 5.41) is 11.7. The van der Waals surface area contributed by atoms with Crippen LogP contribution in [-0.2, 0) is 13.2 Å². The lowest BCUT2D eigenvalue weighted by Gasteiger charge is -2.31. The van der Waals surface area contributed by atoms with Crippen LogP contribution < -0.4 is 10.6 Å². The second kappa shape index (κ2) is 10.0. The highest BCUT2D eigenvalue weighted by Crippen LogP contribution is 2.35. The van der Waals surface area contributed by atoms with Crippen LogP contribution in [0.25, 0.3) is 22.2 Å². The molecule has 1 fully saturated rings. The highest BCUT2D eigenvalue weighted by molar-refractivity contribution is 6.31. The number of hydrogen-bond acceptors (Lipinski definition) is 5. The average Bonchev–Trinajstić information content (AvgIpc) is 3.26. The molecule has 2 N–H and O–H groups in total. The van der Waals surface area contributed by atoms with E-state index in [1.165, 1.54) is 12.1 Å². The Balaban J connectivity index is 1.35. The Morgan fingerprint density at radius 3 is 2.73 bits per heavy atom. The SMILES string of the molecule is Cn1cc(C(=O)N[C@@H]2CCC[C@H](Nc3cc(C(F)(F)F)nc4ccc(Cl)cc34)C2)c(-c2cccnc2)n1.